The fourth-order valence-electron chi connectivity index (χ4n) is 1.96. The van der Waals surface area contributed by atoms with Crippen LogP contribution in [0.3, 0.4) is 0 Å². The molecule has 1 aliphatic rings. The van der Waals surface area contributed by atoms with Gasteiger partial charge in [-0.1, -0.05) is 5.21 Å². The lowest BCUT2D eigenvalue weighted by molar-refractivity contribution is -0.133. The van der Waals surface area contributed by atoms with Gasteiger partial charge in [-0.3, -0.25) is 4.79 Å². The first-order valence-electron chi connectivity index (χ1n) is 5.58. The Hall–Kier alpha value is -1.43. The van der Waals surface area contributed by atoms with Crippen LogP contribution >= 0.6 is 0 Å². The van der Waals surface area contributed by atoms with Crippen molar-refractivity contribution < 1.29 is 4.79 Å². The Morgan fingerprint density at radius 3 is 2.94 bits per heavy atom. The van der Waals surface area contributed by atoms with Crippen molar-refractivity contribution in [1.29, 1.82) is 0 Å². The molecule has 0 aliphatic carbocycles. The highest BCUT2D eigenvalue weighted by molar-refractivity contribution is 5.75. The van der Waals surface area contributed by atoms with E-state index in [0.717, 1.165) is 25.9 Å². The number of nitrogens with zero attached hydrogens (tertiary/aromatic N) is 4. The Morgan fingerprint density at radius 2 is 2.31 bits per heavy atom. The standard InChI is InChI=1S/C10H17N5O/c1-14(9-2-4-11-5-3-9)10(16)8-15-7-6-12-13-15/h6-7,9,11H,2-5,8H2,1H3. The van der Waals surface area contributed by atoms with E-state index in [1.54, 1.807) is 17.1 Å². The molecule has 0 saturated carbocycles. The molecule has 1 N–H and O–H groups in total. The van der Waals surface area contributed by atoms with Crippen LogP contribution in [0.15, 0.2) is 12.4 Å². The van der Waals surface area contributed by atoms with Crippen molar-refractivity contribution in [1.82, 2.24) is 25.2 Å². The van der Waals surface area contributed by atoms with Crippen LogP contribution in [0.1, 0.15) is 12.8 Å². The van der Waals surface area contributed by atoms with E-state index in [9.17, 15) is 4.79 Å². The number of carbonyl (C=O) groups is 1. The highest BCUT2D eigenvalue weighted by Crippen LogP contribution is 2.10. The molecule has 0 unspecified atom stereocenters. The van der Waals surface area contributed by atoms with Crippen LogP contribution in [0.5, 0.6) is 0 Å². The topological polar surface area (TPSA) is 63.1 Å². The monoisotopic (exact) mass is 223 g/mol. The summed E-state index contributed by atoms with van der Waals surface area (Å²) in [6.07, 6.45) is 5.34. The number of carbonyl (C=O) groups excluding carboxylic acids is 1. The number of rotatable bonds is 3. The average Bonchev–Trinajstić information content (AvgIpc) is 2.82. The first kappa shape index (κ1) is 11.1. The zero-order valence-electron chi connectivity index (χ0n) is 9.46. The highest BCUT2D eigenvalue weighted by Gasteiger charge is 2.21. The first-order chi connectivity index (χ1) is 7.77. The summed E-state index contributed by atoms with van der Waals surface area (Å²) in [4.78, 5) is 13.8. The fourth-order valence-corrected chi connectivity index (χ4v) is 1.96. The van der Waals surface area contributed by atoms with E-state index in [1.807, 2.05) is 11.9 Å². The Labute approximate surface area is 94.6 Å². The van der Waals surface area contributed by atoms with Crippen LogP contribution in [0, 0.1) is 0 Å². The number of hydrogen-bond donors (Lipinski definition) is 1. The fraction of sp³-hybridized carbons (Fsp3) is 0.700. The summed E-state index contributed by atoms with van der Waals surface area (Å²) in [5, 5.41) is 10.8. The zero-order valence-corrected chi connectivity index (χ0v) is 9.46. The summed E-state index contributed by atoms with van der Waals surface area (Å²) in [6, 6.07) is 0.359. The molecule has 1 amide bonds. The normalized spacial score (nSPS) is 17.3. The second-order valence-corrected chi connectivity index (χ2v) is 4.09. The van der Waals surface area contributed by atoms with Crippen molar-refractivity contribution in [3.8, 4) is 0 Å². The number of amides is 1. The van der Waals surface area contributed by atoms with Crippen LogP contribution < -0.4 is 5.32 Å². The van der Waals surface area contributed by atoms with E-state index in [0.29, 0.717) is 6.04 Å². The van der Waals surface area contributed by atoms with Gasteiger partial charge in [0.25, 0.3) is 0 Å². The van der Waals surface area contributed by atoms with Crippen molar-refractivity contribution in [2.75, 3.05) is 20.1 Å². The van der Waals surface area contributed by atoms with Gasteiger partial charge in [0.05, 0.1) is 6.20 Å². The smallest absolute Gasteiger partial charge is 0.244 e. The maximum atomic E-state index is 11.9. The van der Waals surface area contributed by atoms with Gasteiger partial charge in [-0.15, -0.1) is 5.10 Å². The van der Waals surface area contributed by atoms with Crippen LogP contribution in [-0.4, -0.2) is 52.0 Å². The SMILES string of the molecule is CN(C(=O)Cn1ccnn1)C1CCNCC1. The maximum absolute atomic E-state index is 11.9. The second kappa shape index (κ2) is 5.07. The Balaban J connectivity index is 1.88. The summed E-state index contributed by atoms with van der Waals surface area (Å²) >= 11 is 0. The van der Waals surface area contributed by atoms with Crippen molar-refractivity contribution in [3.63, 3.8) is 0 Å². The number of hydrogen-bond acceptors (Lipinski definition) is 4. The van der Waals surface area contributed by atoms with E-state index >= 15 is 0 Å². The Morgan fingerprint density at radius 1 is 1.56 bits per heavy atom. The molecule has 0 bridgehead atoms. The number of likely N-dealkylation sites (N-methyl/N-ethyl adjacent to an activating group) is 1. The summed E-state index contributed by atoms with van der Waals surface area (Å²) in [5.41, 5.74) is 0. The van der Waals surface area contributed by atoms with Gasteiger partial charge >= 0.3 is 0 Å². The predicted molar refractivity (Wildman–Crippen MR) is 58.7 cm³/mol. The molecule has 1 aliphatic heterocycles. The van der Waals surface area contributed by atoms with Gasteiger partial charge in [0.15, 0.2) is 0 Å². The van der Waals surface area contributed by atoms with Crippen LogP contribution in [0.25, 0.3) is 0 Å². The van der Waals surface area contributed by atoms with Gasteiger partial charge < -0.3 is 10.2 Å². The Kier molecular flexibility index (Phi) is 3.51. The lowest BCUT2D eigenvalue weighted by atomic mass is 10.1. The van der Waals surface area contributed by atoms with Crippen LogP contribution in [0.2, 0.25) is 0 Å². The van der Waals surface area contributed by atoms with Crippen molar-refractivity contribution in [2.45, 2.75) is 25.4 Å². The molecule has 6 nitrogen and oxygen atoms in total. The van der Waals surface area contributed by atoms with Crippen molar-refractivity contribution in [2.24, 2.45) is 0 Å². The first-order valence-corrected chi connectivity index (χ1v) is 5.58. The molecule has 0 radical (unpaired) electrons. The number of nitrogens with one attached hydrogen (secondary N) is 1. The molecule has 2 rings (SSSR count). The van der Waals surface area contributed by atoms with Gasteiger partial charge in [0.2, 0.25) is 5.91 Å². The quantitative estimate of drug-likeness (QED) is 0.749. The number of piperidine rings is 1. The molecule has 0 spiro atoms. The van der Waals surface area contributed by atoms with Gasteiger partial charge in [-0.2, -0.15) is 0 Å². The zero-order chi connectivity index (χ0) is 11.4. The predicted octanol–water partition coefficient (Wildman–Crippen LogP) is -0.511. The third-order valence-corrected chi connectivity index (χ3v) is 3.02. The molecule has 0 atom stereocenters. The molecule has 1 aromatic rings. The highest BCUT2D eigenvalue weighted by atomic mass is 16.2. The van der Waals surface area contributed by atoms with Gasteiger partial charge in [-0.05, 0) is 25.9 Å². The molecule has 16 heavy (non-hydrogen) atoms. The summed E-state index contributed by atoms with van der Waals surface area (Å²) < 4.78 is 1.56. The lowest BCUT2D eigenvalue weighted by Gasteiger charge is -2.31. The molecule has 1 saturated heterocycles. The molecule has 1 fully saturated rings. The minimum absolute atomic E-state index is 0.0948. The van der Waals surface area contributed by atoms with E-state index < -0.39 is 0 Å². The van der Waals surface area contributed by atoms with Crippen molar-refractivity contribution >= 4 is 5.91 Å². The summed E-state index contributed by atoms with van der Waals surface area (Å²) in [7, 11) is 1.87. The molecule has 1 aromatic heterocycles. The molecule has 88 valence electrons. The third-order valence-electron chi connectivity index (χ3n) is 3.02. The van der Waals surface area contributed by atoms with E-state index in [4.69, 9.17) is 0 Å². The Bertz CT molecular complexity index is 331. The van der Waals surface area contributed by atoms with E-state index in [2.05, 4.69) is 15.6 Å². The van der Waals surface area contributed by atoms with Gasteiger partial charge in [0.1, 0.15) is 6.54 Å². The van der Waals surface area contributed by atoms with E-state index in [-0.39, 0.29) is 12.5 Å². The molecular formula is C10H17N5O. The minimum Gasteiger partial charge on any atom is -0.341 e. The summed E-state index contributed by atoms with van der Waals surface area (Å²) in [5.74, 6) is 0.0948. The molecule has 2 heterocycles. The van der Waals surface area contributed by atoms with Gasteiger partial charge in [-0.25, -0.2) is 4.68 Å². The second-order valence-electron chi connectivity index (χ2n) is 4.09. The van der Waals surface area contributed by atoms with Crippen LogP contribution in [-0.2, 0) is 11.3 Å². The maximum Gasteiger partial charge on any atom is 0.244 e. The number of aromatic nitrogens is 3. The molecular weight excluding hydrogens is 206 g/mol. The summed E-state index contributed by atoms with van der Waals surface area (Å²) in [6.45, 7) is 2.26. The minimum atomic E-state index is 0.0948. The lowest BCUT2D eigenvalue weighted by Crippen LogP contribution is -2.45. The average molecular weight is 223 g/mol. The molecule has 6 heteroatoms. The van der Waals surface area contributed by atoms with Crippen molar-refractivity contribution in [3.05, 3.63) is 12.4 Å². The van der Waals surface area contributed by atoms with Crippen LogP contribution in [0.4, 0.5) is 0 Å². The molecule has 0 aromatic carbocycles. The van der Waals surface area contributed by atoms with E-state index in [1.165, 1.54) is 0 Å². The largest absolute Gasteiger partial charge is 0.341 e. The van der Waals surface area contributed by atoms with Gasteiger partial charge in [0, 0.05) is 19.3 Å². The third kappa shape index (κ3) is 2.57.